The molecular formula is C67H130O17P2. The van der Waals surface area contributed by atoms with Crippen molar-refractivity contribution in [2.75, 3.05) is 39.6 Å². The lowest BCUT2D eigenvalue weighted by Crippen LogP contribution is -2.30. The minimum Gasteiger partial charge on any atom is -0.462 e. The Balaban J connectivity index is 5.05. The first-order valence-electron chi connectivity index (χ1n) is 35.2. The maximum atomic E-state index is 13.0. The average molecular weight is 1270 g/mol. The van der Waals surface area contributed by atoms with E-state index in [1.807, 2.05) is 0 Å². The number of aliphatic hydroxyl groups excluding tert-OH is 1. The van der Waals surface area contributed by atoms with Gasteiger partial charge in [-0.2, -0.15) is 0 Å². The van der Waals surface area contributed by atoms with E-state index in [-0.39, 0.29) is 25.7 Å². The van der Waals surface area contributed by atoms with Crippen molar-refractivity contribution in [3.63, 3.8) is 0 Å². The largest absolute Gasteiger partial charge is 0.472 e. The fourth-order valence-electron chi connectivity index (χ4n) is 10.1. The number of carbonyl (C=O) groups is 4. The first-order chi connectivity index (χ1) is 41.6. The maximum Gasteiger partial charge on any atom is 0.472 e. The Morgan fingerprint density at radius 1 is 0.326 bits per heavy atom. The van der Waals surface area contributed by atoms with Crippen LogP contribution < -0.4 is 0 Å². The molecule has 3 N–H and O–H groups in total. The summed E-state index contributed by atoms with van der Waals surface area (Å²) in [6.07, 6.45) is 46.3. The number of phosphoric ester groups is 2. The normalized spacial score (nSPS) is 14.5. The van der Waals surface area contributed by atoms with Crippen molar-refractivity contribution in [2.45, 2.75) is 361 Å². The van der Waals surface area contributed by atoms with Crippen LogP contribution in [0, 0.1) is 5.92 Å². The van der Waals surface area contributed by atoms with Crippen LogP contribution in [0.15, 0.2) is 0 Å². The summed E-state index contributed by atoms with van der Waals surface area (Å²) < 4.78 is 67.8. The molecule has 6 atom stereocenters. The Labute approximate surface area is 524 Å². The Kier molecular flexibility index (Phi) is 59.2. The quantitative estimate of drug-likeness (QED) is 0.0222. The van der Waals surface area contributed by atoms with Gasteiger partial charge in [-0.25, -0.2) is 9.13 Å². The van der Waals surface area contributed by atoms with Crippen LogP contribution >= 0.6 is 15.6 Å². The summed E-state index contributed by atoms with van der Waals surface area (Å²) in [5.41, 5.74) is 0. The van der Waals surface area contributed by atoms with Gasteiger partial charge in [-0.1, -0.05) is 291 Å². The molecule has 0 radical (unpaired) electrons. The first-order valence-corrected chi connectivity index (χ1v) is 38.2. The number of carbonyl (C=O) groups excluding carboxylic acids is 4. The highest BCUT2D eigenvalue weighted by atomic mass is 31.2. The number of hydrogen-bond donors (Lipinski definition) is 3. The molecule has 3 unspecified atom stereocenters. The van der Waals surface area contributed by atoms with E-state index in [1.165, 1.54) is 161 Å². The Morgan fingerprint density at radius 2 is 0.558 bits per heavy atom. The van der Waals surface area contributed by atoms with Crippen LogP contribution in [0.3, 0.4) is 0 Å². The van der Waals surface area contributed by atoms with E-state index in [0.29, 0.717) is 25.7 Å². The smallest absolute Gasteiger partial charge is 0.462 e. The molecule has 17 nitrogen and oxygen atoms in total. The van der Waals surface area contributed by atoms with Crippen molar-refractivity contribution >= 4 is 39.5 Å². The fraction of sp³-hybridized carbons (Fsp3) is 0.940. The molecule has 0 aliphatic heterocycles. The monoisotopic (exact) mass is 1270 g/mol. The molecule has 510 valence electrons. The Bertz CT molecular complexity index is 1670. The molecule has 0 amide bonds. The molecule has 0 rings (SSSR count). The van der Waals surface area contributed by atoms with Crippen molar-refractivity contribution in [3.05, 3.63) is 0 Å². The SMILES string of the molecule is CCCCCCCCCCCCC(=O)OC[C@H](COP(=O)(O)OC[C@@H](O)COP(=O)(O)OC[C@@H](COC(=O)CCCCCCC)OC(=O)CCCCCCCCCCC)OC(=O)CCCCCCCCCCCCCCCCCCCCC(C)CC. The second kappa shape index (κ2) is 60.6. The van der Waals surface area contributed by atoms with Gasteiger partial charge in [0.25, 0.3) is 0 Å². The van der Waals surface area contributed by atoms with Gasteiger partial charge < -0.3 is 33.8 Å². The molecule has 0 saturated carbocycles. The third-order valence-corrected chi connectivity index (χ3v) is 17.8. The predicted molar refractivity (Wildman–Crippen MR) is 345 cm³/mol. The summed E-state index contributed by atoms with van der Waals surface area (Å²) in [4.78, 5) is 72.0. The Hall–Kier alpha value is -1.94. The molecule has 0 aromatic rings. The topological polar surface area (TPSA) is 237 Å². The number of unbranched alkanes of at least 4 members (excludes halogenated alkanes) is 38. The van der Waals surface area contributed by atoms with Gasteiger partial charge >= 0.3 is 39.5 Å². The molecule has 0 aliphatic carbocycles. The third kappa shape index (κ3) is 59.7. The van der Waals surface area contributed by atoms with Crippen LogP contribution in [-0.2, 0) is 65.4 Å². The number of esters is 4. The van der Waals surface area contributed by atoms with Crippen molar-refractivity contribution in [1.82, 2.24) is 0 Å². The minimum atomic E-state index is -4.94. The van der Waals surface area contributed by atoms with Crippen LogP contribution in [0.25, 0.3) is 0 Å². The van der Waals surface area contributed by atoms with Gasteiger partial charge in [0, 0.05) is 25.7 Å². The van der Waals surface area contributed by atoms with Crippen LogP contribution in [0.2, 0.25) is 0 Å². The van der Waals surface area contributed by atoms with Crippen molar-refractivity contribution < 1.29 is 80.2 Å². The number of ether oxygens (including phenoxy) is 4. The standard InChI is InChI=1S/C67H130O17P2/c1-6-10-13-16-18-20-33-36-41-46-51-65(70)78-57-63(84-67(72)53-48-43-38-34-30-28-26-24-22-21-23-25-27-29-32-35-40-44-49-60(5)9-4)59-82-86(75,76)80-55-61(68)54-79-85(73,74)81-58-62(56-77-64(69)50-45-39-15-12-8-3)83-66(71)52-47-42-37-31-19-17-14-11-7-2/h60-63,68H,6-59H2,1-5H3,(H,73,74)(H,75,76)/t60?,61-,62+,63+/m0/s1. The van der Waals surface area contributed by atoms with Crippen LogP contribution in [0.5, 0.6) is 0 Å². The summed E-state index contributed by atoms with van der Waals surface area (Å²) in [5.74, 6) is -1.27. The van der Waals surface area contributed by atoms with Crippen LogP contribution in [0.4, 0.5) is 0 Å². The molecule has 19 heteroatoms. The lowest BCUT2D eigenvalue weighted by molar-refractivity contribution is -0.161. The molecule has 86 heavy (non-hydrogen) atoms. The van der Waals surface area contributed by atoms with E-state index >= 15 is 0 Å². The number of aliphatic hydroxyl groups is 1. The van der Waals surface area contributed by atoms with E-state index in [0.717, 1.165) is 102 Å². The van der Waals surface area contributed by atoms with Gasteiger partial charge in [0.2, 0.25) is 0 Å². The molecule has 0 aliphatic rings. The molecule has 0 bridgehead atoms. The average Bonchev–Trinajstić information content (AvgIpc) is 3.62. The number of rotatable bonds is 67. The summed E-state index contributed by atoms with van der Waals surface area (Å²) in [6.45, 7) is 7.17. The zero-order chi connectivity index (χ0) is 63.5. The summed E-state index contributed by atoms with van der Waals surface area (Å²) in [5, 5.41) is 10.5. The van der Waals surface area contributed by atoms with E-state index in [2.05, 4.69) is 34.6 Å². The van der Waals surface area contributed by atoms with E-state index in [1.54, 1.807) is 0 Å². The second-order valence-corrected chi connectivity index (χ2v) is 27.4. The van der Waals surface area contributed by atoms with Gasteiger partial charge in [-0.15, -0.1) is 0 Å². The lowest BCUT2D eigenvalue weighted by Gasteiger charge is -2.21. The summed E-state index contributed by atoms with van der Waals surface area (Å²) >= 11 is 0. The molecule has 0 aromatic heterocycles. The summed E-state index contributed by atoms with van der Waals surface area (Å²) in [6, 6.07) is 0. The van der Waals surface area contributed by atoms with Gasteiger partial charge in [-0.3, -0.25) is 37.3 Å². The lowest BCUT2D eigenvalue weighted by atomic mass is 9.99. The maximum absolute atomic E-state index is 13.0. The first kappa shape index (κ1) is 84.1. The summed E-state index contributed by atoms with van der Waals surface area (Å²) in [7, 11) is -9.88. The number of phosphoric acid groups is 2. The minimum absolute atomic E-state index is 0.105. The second-order valence-electron chi connectivity index (χ2n) is 24.5. The van der Waals surface area contributed by atoms with E-state index in [9.17, 15) is 43.2 Å². The van der Waals surface area contributed by atoms with Crippen LogP contribution in [0.1, 0.15) is 343 Å². The molecular weight excluding hydrogens is 1140 g/mol. The third-order valence-electron chi connectivity index (χ3n) is 15.9. The zero-order valence-electron chi connectivity index (χ0n) is 55.4. The molecule has 0 spiro atoms. The van der Waals surface area contributed by atoms with E-state index < -0.39 is 97.5 Å². The van der Waals surface area contributed by atoms with Gasteiger partial charge in [0.1, 0.15) is 19.3 Å². The highest BCUT2D eigenvalue weighted by Crippen LogP contribution is 2.45. The van der Waals surface area contributed by atoms with Gasteiger partial charge in [0.05, 0.1) is 26.4 Å². The molecule has 0 fully saturated rings. The predicted octanol–water partition coefficient (Wildman–Crippen LogP) is 19.0. The van der Waals surface area contributed by atoms with Crippen LogP contribution in [-0.4, -0.2) is 96.7 Å². The highest BCUT2D eigenvalue weighted by molar-refractivity contribution is 7.47. The Morgan fingerprint density at radius 3 is 0.826 bits per heavy atom. The molecule has 0 aromatic carbocycles. The van der Waals surface area contributed by atoms with Gasteiger partial charge in [-0.05, 0) is 31.6 Å². The fourth-order valence-corrected chi connectivity index (χ4v) is 11.7. The highest BCUT2D eigenvalue weighted by Gasteiger charge is 2.30. The van der Waals surface area contributed by atoms with Crippen molar-refractivity contribution in [2.24, 2.45) is 5.92 Å². The van der Waals surface area contributed by atoms with E-state index in [4.69, 9.17) is 37.0 Å². The number of hydrogen-bond acceptors (Lipinski definition) is 15. The van der Waals surface area contributed by atoms with Crippen molar-refractivity contribution in [3.8, 4) is 0 Å². The molecule has 0 heterocycles. The van der Waals surface area contributed by atoms with Gasteiger partial charge in [0.15, 0.2) is 12.2 Å². The van der Waals surface area contributed by atoms with Crippen molar-refractivity contribution in [1.29, 1.82) is 0 Å². The molecule has 0 saturated heterocycles. The zero-order valence-corrected chi connectivity index (χ0v) is 57.2.